The number of hydrogen-bond acceptors (Lipinski definition) is 10. The summed E-state index contributed by atoms with van der Waals surface area (Å²) in [4.78, 5) is 41.3. The summed E-state index contributed by atoms with van der Waals surface area (Å²) >= 11 is 0. The number of anilines is 2. The van der Waals surface area contributed by atoms with Crippen LogP contribution in [0.15, 0.2) is 35.1 Å². The molecule has 0 spiro atoms. The third-order valence-electron chi connectivity index (χ3n) is 10.3. The molecule has 0 radical (unpaired) electrons. The lowest BCUT2D eigenvalue weighted by molar-refractivity contribution is -0.132. The summed E-state index contributed by atoms with van der Waals surface area (Å²) in [6, 6.07) is 8.13. The minimum Gasteiger partial charge on any atom is -0.485 e. The second kappa shape index (κ2) is 14.1. The maximum atomic E-state index is 13.4. The van der Waals surface area contributed by atoms with Gasteiger partial charge in [-0.1, -0.05) is 6.07 Å². The van der Waals surface area contributed by atoms with E-state index in [2.05, 4.69) is 38.4 Å². The molecule has 3 N–H and O–H groups in total. The number of benzene rings is 1. The highest BCUT2D eigenvalue weighted by molar-refractivity contribution is 5.95. The Morgan fingerprint density at radius 1 is 1.08 bits per heavy atom. The molecule has 2 aliphatic heterocycles. The molecule has 12 nitrogen and oxygen atoms in total. The summed E-state index contributed by atoms with van der Waals surface area (Å²) in [5, 5.41) is 17.4. The van der Waals surface area contributed by atoms with Gasteiger partial charge in [0.2, 0.25) is 5.91 Å². The highest BCUT2D eigenvalue weighted by atomic mass is 16.5. The van der Waals surface area contributed by atoms with E-state index >= 15 is 0 Å². The molecule has 2 saturated carbocycles. The van der Waals surface area contributed by atoms with Crippen LogP contribution in [0, 0.1) is 19.8 Å². The Balaban J connectivity index is 0.932. The van der Waals surface area contributed by atoms with Crippen LogP contribution in [-0.4, -0.2) is 94.6 Å². The number of amides is 2. The van der Waals surface area contributed by atoms with E-state index in [1.165, 1.54) is 23.9 Å². The number of oxazole rings is 1. The minimum atomic E-state index is -0.713. The van der Waals surface area contributed by atoms with Crippen LogP contribution in [0.2, 0.25) is 0 Å². The zero-order chi connectivity index (χ0) is 33.2. The average Bonchev–Trinajstić information content (AvgIpc) is 3.85. The Morgan fingerprint density at radius 3 is 2.60 bits per heavy atom. The van der Waals surface area contributed by atoms with Crippen molar-refractivity contribution < 1.29 is 23.8 Å². The van der Waals surface area contributed by atoms with Crippen molar-refractivity contribution in [3.8, 4) is 5.75 Å². The van der Waals surface area contributed by atoms with E-state index in [0.29, 0.717) is 56.8 Å². The van der Waals surface area contributed by atoms with Crippen molar-refractivity contribution in [1.29, 1.82) is 0 Å². The molecule has 1 saturated heterocycles. The number of pyridine rings is 1. The van der Waals surface area contributed by atoms with E-state index in [-0.39, 0.29) is 24.3 Å². The van der Waals surface area contributed by atoms with Crippen molar-refractivity contribution in [2.75, 3.05) is 56.0 Å². The van der Waals surface area contributed by atoms with Gasteiger partial charge in [-0.05, 0) is 87.3 Å². The predicted octanol–water partition coefficient (Wildman–Crippen LogP) is 3.44. The molecule has 4 aliphatic rings. The Bertz CT molecular complexity index is 1630. The van der Waals surface area contributed by atoms with Crippen molar-refractivity contribution >= 4 is 23.5 Å². The van der Waals surface area contributed by atoms with E-state index in [1.54, 1.807) is 0 Å². The molecule has 12 heteroatoms. The summed E-state index contributed by atoms with van der Waals surface area (Å²) in [7, 11) is 0. The third-order valence-corrected chi connectivity index (χ3v) is 10.3. The highest BCUT2D eigenvalue weighted by Crippen LogP contribution is 2.32. The molecule has 1 aromatic carbocycles. The van der Waals surface area contributed by atoms with Crippen LogP contribution in [0.4, 0.5) is 11.6 Å². The van der Waals surface area contributed by atoms with Gasteiger partial charge in [0.05, 0.1) is 11.8 Å². The van der Waals surface area contributed by atoms with Gasteiger partial charge in [0.25, 0.3) is 5.91 Å². The van der Waals surface area contributed by atoms with Gasteiger partial charge in [-0.3, -0.25) is 14.5 Å². The molecule has 7 rings (SSSR count). The first kappa shape index (κ1) is 32.4. The predicted molar refractivity (Wildman–Crippen MR) is 181 cm³/mol. The van der Waals surface area contributed by atoms with Gasteiger partial charge in [-0.25, -0.2) is 9.97 Å². The number of carbonyl (C=O) groups excluding carboxylic acids is 2. The van der Waals surface area contributed by atoms with Crippen molar-refractivity contribution in [2.24, 2.45) is 5.92 Å². The number of nitrogens with zero attached hydrogens (tertiary/aromatic N) is 5. The summed E-state index contributed by atoms with van der Waals surface area (Å²) in [6.45, 7) is 9.21. The van der Waals surface area contributed by atoms with E-state index < -0.39 is 6.10 Å². The van der Waals surface area contributed by atoms with Crippen molar-refractivity contribution in [1.82, 2.24) is 25.1 Å². The molecular weight excluding hydrogens is 610 g/mol. The number of fused-ring (bicyclic) bond motifs is 1. The van der Waals surface area contributed by atoms with Gasteiger partial charge in [-0.2, -0.15) is 0 Å². The van der Waals surface area contributed by atoms with Gasteiger partial charge in [-0.15, -0.1) is 0 Å². The number of piperazine rings is 1. The first-order valence-electron chi connectivity index (χ1n) is 17.4. The summed E-state index contributed by atoms with van der Waals surface area (Å²) in [5.74, 6) is 3.28. The van der Waals surface area contributed by atoms with Crippen molar-refractivity contribution in [3.63, 3.8) is 0 Å². The standard InChI is InChI=1S/C36H47N7O5/c1-23-30-10-11-41(19-26(30)8-9-31(23)47-21-32-24(2)38-22-48-32)20-29(44)18-37-35(45)27-16-33(39-28-4-3-5-28)40-34(17-27)42-12-14-43(15-13-42)36(46)25-6-7-25/h8-9,16-17,22,25,28-29,44H,3-7,10-15,18-21H2,1-2H3,(H,37,45)(H,39,40). The molecule has 48 heavy (non-hydrogen) atoms. The minimum absolute atomic E-state index is 0.153. The number of β-amino-alcohol motifs (C(OH)–C–C–N with tert-alkyl or cyclic N) is 1. The van der Waals surface area contributed by atoms with Crippen LogP contribution >= 0.6 is 0 Å². The van der Waals surface area contributed by atoms with E-state index in [1.807, 2.05) is 30.0 Å². The van der Waals surface area contributed by atoms with E-state index in [9.17, 15) is 14.7 Å². The topological polar surface area (TPSA) is 136 Å². The van der Waals surface area contributed by atoms with Crippen molar-refractivity contribution in [3.05, 3.63) is 64.4 Å². The summed E-state index contributed by atoms with van der Waals surface area (Å²) < 4.78 is 11.5. The zero-order valence-electron chi connectivity index (χ0n) is 28.0. The first-order valence-corrected chi connectivity index (χ1v) is 17.4. The van der Waals surface area contributed by atoms with Crippen LogP contribution in [0.1, 0.15) is 70.6 Å². The van der Waals surface area contributed by atoms with Crippen molar-refractivity contribution in [2.45, 2.75) is 77.7 Å². The van der Waals surface area contributed by atoms with Crippen LogP contribution < -0.4 is 20.3 Å². The number of carbonyl (C=O) groups is 2. The third kappa shape index (κ3) is 7.44. The second-order valence-corrected chi connectivity index (χ2v) is 13.8. The van der Waals surface area contributed by atoms with Crippen LogP contribution in [0.5, 0.6) is 5.75 Å². The number of aryl methyl sites for hydroxylation is 1. The monoisotopic (exact) mass is 657 g/mol. The molecule has 256 valence electrons. The molecule has 3 aromatic rings. The summed E-state index contributed by atoms with van der Waals surface area (Å²) in [5.41, 5.74) is 5.00. The van der Waals surface area contributed by atoms with Gasteiger partial charge < -0.3 is 34.7 Å². The molecule has 4 heterocycles. The Labute approximate surface area is 281 Å². The van der Waals surface area contributed by atoms with E-state index in [0.717, 1.165) is 73.8 Å². The molecule has 1 atom stereocenters. The molecule has 2 aliphatic carbocycles. The number of ether oxygens (including phenoxy) is 1. The lowest BCUT2D eigenvalue weighted by Gasteiger charge is -2.36. The fraction of sp³-hybridized carbons (Fsp3) is 0.556. The molecule has 2 aromatic heterocycles. The van der Waals surface area contributed by atoms with Gasteiger partial charge in [0.15, 0.2) is 12.2 Å². The molecule has 3 fully saturated rings. The SMILES string of the molecule is Cc1ncoc1COc1ccc2c(c1C)CCN(CC(O)CNC(=O)c1cc(NC3CCC3)nc(N3CCN(C(=O)C4CC4)CC3)c1)C2. The van der Waals surface area contributed by atoms with Crippen LogP contribution in [0.25, 0.3) is 0 Å². The maximum Gasteiger partial charge on any atom is 0.251 e. The normalized spacial score (nSPS) is 19.0. The molecular formula is C36H47N7O5. The number of nitrogens with one attached hydrogen (secondary N) is 2. The second-order valence-electron chi connectivity index (χ2n) is 13.8. The van der Waals surface area contributed by atoms with E-state index in [4.69, 9.17) is 14.1 Å². The Morgan fingerprint density at radius 2 is 1.90 bits per heavy atom. The van der Waals surface area contributed by atoms with Gasteiger partial charge in [0, 0.05) is 69.9 Å². The number of rotatable bonds is 12. The highest BCUT2D eigenvalue weighted by Gasteiger charge is 2.35. The number of hydrogen-bond donors (Lipinski definition) is 3. The lowest BCUT2D eigenvalue weighted by Crippen LogP contribution is -2.49. The zero-order valence-corrected chi connectivity index (χ0v) is 28.0. The molecule has 0 bridgehead atoms. The Hall–Kier alpha value is -4.16. The fourth-order valence-electron chi connectivity index (χ4n) is 6.86. The van der Waals surface area contributed by atoms with Crippen LogP contribution in [0.3, 0.4) is 0 Å². The molecule has 1 unspecified atom stereocenters. The Kier molecular flexibility index (Phi) is 9.54. The largest absolute Gasteiger partial charge is 0.485 e. The number of aliphatic hydroxyl groups is 1. The molecule has 2 amide bonds. The smallest absolute Gasteiger partial charge is 0.251 e. The average molecular weight is 658 g/mol. The maximum absolute atomic E-state index is 13.4. The van der Waals surface area contributed by atoms with Gasteiger partial charge >= 0.3 is 0 Å². The first-order chi connectivity index (χ1) is 23.3. The number of aliphatic hydroxyl groups excluding tert-OH is 1. The number of aromatic nitrogens is 2. The lowest BCUT2D eigenvalue weighted by atomic mass is 9.93. The fourth-order valence-corrected chi connectivity index (χ4v) is 6.86. The quantitative estimate of drug-likeness (QED) is 0.266. The summed E-state index contributed by atoms with van der Waals surface area (Å²) in [6.07, 6.45) is 7.00. The van der Waals surface area contributed by atoms with Crippen LogP contribution in [-0.2, 0) is 24.4 Å². The van der Waals surface area contributed by atoms with Gasteiger partial charge in [0.1, 0.15) is 24.0 Å².